The topological polar surface area (TPSA) is 43.4 Å². The van der Waals surface area contributed by atoms with Crippen LogP contribution in [0.5, 0.6) is 0 Å². The molecule has 0 saturated carbocycles. The van der Waals surface area contributed by atoms with Crippen LogP contribution in [0.25, 0.3) is 0 Å². The molecule has 1 aliphatic rings. The molecule has 1 aromatic carbocycles. The first-order valence-electron chi connectivity index (χ1n) is 5.77. The van der Waals surface area contributed by atoms with Crippen molar-refractivity contribution in [3.63, 3.8) is 0 Å². The smallest absolute Gasteiger partial charge is 0.430 e. The number of ether oxygens (including phenoxy) is 1. The number of alkyl halides is 6. The van der Waals surface area contributed by atoms with Crippen LogP contribution in [0.4, 0.5) is 26.3 Å². The molecule has 2 atom stereocenters. The molecule has 1 aliphatic heterocycles. The van der Waals surface area contributed by atoms with Crippen LogP contribution in [0.1, 0.15) is 29.7 Å². The number of aliphatic hydroxyl groups excluding tert-OH is 1. The Morgan fingerprint density at radius 2 is 1.48 bits per heavy atom. The summed E-state index contributed by atoms with van der Waals surface area (Å²) < 4.78 is 81.1. The summed E-state index contributed by atoms with van der Waals surface area (Å²) in [5.41, 5.74) is -3.16. The van der Waals surface area contributed by atoms with Crippen molar-refractivity contribution in [2.45, 2.75) is 31.4 Å². The van der Waals surface area contributed by atoms with Crippen LogP contribution in [-0.2, 0) is 17.1 Å². The number of benzene rings is 1. The van der Waals surface area contributed by atoms with Gasteiger partial charge in [-0.1, -0.05) is 0 Å². The molecule has 116 valence electrons. The third-order valence-corrected chi connectivity index (χ3v) is 2.98. The molecule has 3 nitrogen and oxygen atoms in total. The molecule has 0 fully saturated rings. The second kappa shape index (κ2) is 4.81. The van der Waals surface area contributed by atoms with Crippen molar-refractivity contribution >= 4 is 6.08 Å². The lowest BCUT2D eigenvalue weighted by molar-refractivity contribution is -0.498. The summed E-state index contributed by atoms with van der Waals surface area (Å²) in [7, 11) is 0. The van der Waals surface area contributed by atoms with E-state index < -0.39 is 41.7 Å². The SMILES string of the molecule is C[C@@H]1[NH+]=C(O)O[C@@H]1c1cc(C(F)(F)F)cc(C(F)(F)F)c1. The van der Waals surface area contributed by atoms with E-state index >= 15 is 0 Å². The first-order chi connectivity index (χ1) is 9.48. The highest BCUT2D eigenvalue weighted by atomic mass is 19.4. The molecular formula is C12H10F6NO2+. The van der Waals surface area contributed by atoms with E-state index in [1.165, 1.54) is 6.92 Å². The van der Waals surface area contributed by atoms with Gasteiger partial charge in [-0.15, -0.1) is 0 Å². The molecule has 2 rings (SSSR count). The van der Waals surface area contributed by atoms with Gasteiger partial charge >= 0.3 is 18.4 Å². The Kier molecular flexibility index (Phi) is 3.54. The lowest BCUT2D eigenvalue weighted by atomic mass is 9.98. The van der Waals surface area contributed by atoms with Crippen molar-refractivity contribution in [1.82, 2.24) is 0 Å². The molecule has 0 bridgehead atoms. The maximum absolute atomic E-state index is 12.7. The third kappa shape index (κ3) is 3.22. The van der Waals surface area contributed by atoms with Gasteiger partial charge in [-0.25, -0.2) is 0 Å². The number of halogens is 6. The second-order valence-corrected chi connectivity index (χ2v) is 4.62. The molecule has 0 spiro atoms. The number of aliphatic hydroxyl groups is 1. The molecule has 0 aliphatic carbocycles. The van der Waals surface area contributed by atoms with Crippen molar-refractivity contribution in [2.24, 2.45) is 0 Å². The van der Waals surface area contributed by atoms with E-state index in [1.807, 2.05) is 0 Å². The van der Waals surface area contributed by atoms with Gasteiger partial charge in [0.05, 0.1) is 11.1 Å². The summed E-state index contributed by atoms with van der Waals surface area (Å²) in [4.78, 5) is 2.37. The van der Waals surface area contributed by atoms with Crippen molar-refractivity contribution in [3.05, 3.63) is 34.9 Å². The Morgan fingerprint density at radius 1 is 1.00 bits per heavy atom. The maximum atomic E-state index is 12.7. The Hall–Kier alpha value is -1.93. The molecule has 2 N–H and O–H groups in total. The summed E-state index contributed by atoms with van der Waals surface area (Å²) in [6.07, 6.45) is -11.6. The molecule has 0 aromatic heterocycles. The van der Waals surface area contributed by atoms with Crippen LogP contribution in [-0.4, -0.2) is 17.2 Å². The van der Waals surface area contributed by atoms with Gasteiger partial charge in [0.1, 0.15) is 0 Å². The lowest BCUT2D eigenvalue weighted by Gasteiger charge is -2.17. The minimum atomic E-state index is -4.92. The Balaban J connectivity index is 2.51. The summed E-state index contributed by atoms with van der Waals surface area (Å²) in [6, 6.07) is 0.530. The zero-order valence-electron chi connectivity index (χ0n) is 10.5. The van der Waals surface area contributed by atoms with E-state index in [4.69, 9.17) is 9.84 Å². The van der Waals surface area contributed by atoms with Gasteiger partial charge in [0.15, 0.2) is 12.1 Å². The summed E-state index contributed by atoms with van der Waals surface area (Å²) in [5, 5.41) is 9.13. The van der Waals surface area contributed by atoms with Crippen molar-refractivity contribution < 1.29 is 41.2 Å². The normalized spacial score (nSPS) is 22.9. The van der Waals surface area contributed by atoms with Gasteiger partial charge < -0.3 is 9.84 Å². The van der Waals surface area contributed by atoms with Gasteiger partial charge in [0, 0.05) is 12.5 Å². The molecular weight excluding hydrogens is 304 g/mol. The molecule has 9 heteroatoms. The molecule has 0 radical (unpaired) electrons. The monoisotopic (exact) mass is 314 g/mol. The van der Waals surface area contributed by atoms with Gasteiger partial charge in [0.25, 0.3) is 0 Å². The minimum Gasteiger partial charge on any atom is -0.430 e. The van der Waals surface area contributed by atoms with Gasteiger partial charge in [-0.05, 0) is 18.2 Å². The molecule has 1 heterocycles. The largest absolute Gasteiger partial charge is 0.546 e. The highest BCUT2D eigenvalue weighted by Crippen LogP contribution is 2.38. The maximum Gasteiger partial charge on any atom is 0.546 e. The molecule has 0 amide bonds. The lowest BCUT2D eigenvalue weighted by Crippen LogP contribution is -2.75. The van der Waals surface area contributed by atoms with E-state index in [1.54, 1.807) is 0 Å². The second-order valence-electron chi connectivity index (χ2n) is 4.62. The third-order valence-electron chi connectivity index (χ3n) is 2.98. The van der Waals surface area contributed by atoms with Gasteiger partial charge in [0.2, 0.25) is 0 Å². The van der Waals surface area contributed by atoms with E-state index in [9.17, 15) is 26.3 Å². The van der Waals surface area contributed by atoms with Crippen LogP contribution >= 0.6 is 0 Å². The zero-order valence-corrected chi connectivity index (χ0v) is 10.5. The standard InChI is InChI=1S/C12H9F6NO2/c1-5-9(21-10(20)19-5)6-2-7(11(13,14)15)4-8(3-6)12(16,17)18/h2-5,9H,1H3,(H,19,20)/p+1/t5-,9-/m0/s1. The van der Waals surface area contributed by atoms with E-state index in [-0.39, 0.29) is 11.6 Å². The number of rotatable bonds is 1. The molecule has 1 aromatic rings. The minimum absolute atomic E-state index is 0.0418. The highest BCUT2D eigenvalue weighted by Gasteiger charge is 2.41. The Labute approximate surface area is 114 Å². The Morgan fingerprint density at radius 3 is 1.81 bits per heavy atom. The van der Waals surface area contributed by atoms with Crippen molar-refractivity contribution in [2.75, 3.05) is 0 Å². The molecule has 0 unspecified atom stereocenters. The fraction of sp³-hybridized carbons (Fsp3) is 0.417. The zero-order chi connectivity index (χ0) is 16.0. The van der Waals surface area contributed by atoms with Crippen LogP contribution in [0.3, 0.4) is 0 Å². The van der Waals surface area contributed by atoms with Crippen molar-refractivity contribution in [3.8, 4) is 0 Å². The van der Waals surface area contributed by atoms with Crippen LogP contribution in [0.15, 0.2) is 18.2 Å². The van der Waals surface area contributed by atoms with Crippen LogP contribution < -0.4 is 4.99 Å². The molecule has 21 heavy (non-hydrogen) atoms. The number of hydrogen-bond acceptors (Lipinski definition) is 1. The summed E-state index contributed by atoms with van der Waals surface area (Å²) >= 11 is 0. The van der Waals surface area contributed by atoms with E-state index in [0.29, 0.717) is 12.1 Å². The van der Waals surface area contributed by atoms with E-state index in [0.717, 1.165) is 0 Å². The van der Waals surface area contributed by atoms with Gasteiger partial charge in [-0.3, -0.25) is 0 Å². The first kappa shape index (κ1) is 15.5. The average Bonchev–Trinajstić information content (AvgIpc) is 2.65. The van der Waals surface area contributed by atoms with Crippen molar-refractivity contribution in [1.29, 1.82) is 0 Å². The fourth-order valence-electron chi connectivity index (χ4n) is 2.03. The summed E-state index contributed by atoms with van der Waals surface area (Å²) in [5.74, 6) is 0. The predicted octanol–water partition coefficient (Wildman–Crippen LogP) is 2.18. The van der Waals surface area contributed by atoms with E-state index in [2.05, 4.69) is 4.99 Å². The quantitative estimate of drug-likeness (QED) is 0.780. The van der Waals surface area contributed by atoms with Gasteiger partial charge in [-0.2, -0.15) is 31.3 Å². The van der Waals surface area contributed by atoms with Crippen LogP contribution in [0, 0.1) is 0 Å². The summed E-state index contributed by atoms with van der Waals surface area (Å²) in [6.45, 7) is 1.46. The highest BCUT2D eigenvalue weighted by molar-refractivity contribution is 5.59. The Bertz CT molecular complexity index is 546. The van der Waals surface area contributed by atoms with Crippen LogP contribution in [0.2, 0.25) is 0 Å². The first-order valence-corrected chi connectivity index (χ1v) is 5.77. The number of hydrogen-bond donors (Lipinski definition) is 2. The number of nitrogens with one attached hydrogen (secondary N) is 1. The average molecular weight is 314 g/mol. The fourth-order valence-corrected chi connectivity index (χ4v) is 2.03. The molecule has 0 saturated heterocycles. The predicted molar refractivity (Wildman–Crippen MR) is 58.3 cm³/mol.